The Bertz CT molecular complexity index is 686. The number of halogens is 3. The molecule has 0 radical (unpaired) electrons. The standard InChI is InChI=1S/C16H13F3O3S/c17-11-1-3-14(4-2-11)23-9-16(22,15(20)21)8-10-5-12(18)7-13(19)6-10/h1-7,22H,8-9H2,(H,20,21)/t16-/m0/s1. The zero-order chi connectivity index (χ0) is 17.0. The average molecular weight is 342 g/mol. The molecule has 0 aliphatic rings. The van der Waals surface area contributed by atoms with Crippen molar-refractivity contribution in [3.05, 3.63) is 65.5 Å². The van der Waals surface area contributed by atoms with E-state index in [1.54, 1.807) is 0 Å². The van der Waals surface area contributed by atoms with Crippen molar-refractivity contribution in [1.29, 1.82) is 0 Å². The first-order valence-corrected chi connectivity index (χ1v) is 7.56. The van der Waals surface area contributed by atoms with Gasteiger partial charge in [-0.2, -0.15) is 0 Å². The highest BCUT2D eigenvalue weighted by Crippen LogP contribution is 2.26. The predicted molar refractivity (Wildman–Crippen MR) is 79.8 cm³/mol. The highest BCUT2D eigenvalue weighted by atomic mass is 32.2. The second-order valence-electron chi connectivity index (χ2n) is 5.03. The lowest BCUT2D eigenvalue weighted by Crippen LogP contribution is -2.43. The van der Waals surface area contributed by atoms with Gasteiger partial charge in [0, 0.05) is 23.1 Å². The van der Waals surface area contributed by atoms with E-state index in [1.807, 2.05) is 0 Å². The number of benzene rings is 2. The molecule has 1 atom stereocenters. The molecule has 0 aliphatic heterocycles. The van der Waals surface area contributed by atoms with Crippen LogP contribution in [0.4, 0.5) is 13.2 Å². The summed E-state index contributed by atoms with van der Waals surface area (Å²) in [5.74, 6) is -3.89. The van der Waals surface area contributed by atoms with E-state index < -0.39 is 35.4 Å². The van der Waals surface area contributed by atoms with Crippen molar-refractivity contribution in [1.82, 2.24) is 0 Å². The number of carbonyl (C=O) groups is 1. The molecule has 2 aromatic carbocycles. The minimum atomic E-state index is -2.21. The number of thioether (sulfide) groups is 1. The van der Waals surface area contributed by atoms with Gasteiger partial charge in [0.05, 0.1) is 0 Å². The van der Waals surface area contributed by atoms with E-state index in [0.29, 0.717) is 11.0 Å². The van der Waals surface area contributed by atoms with Gasteiger partial charge in [0.2, 0.25) is 0 Å². The van der Waals surface area contributed by atoms with Gasteiger partial charge in [-0.15, -0.1) is 11.8 Å². The molecule has 0 aliphatic carbocycles. The first-order chi connectivity index (χ1) is 10.8. The maximum Gasteiger partial charge on any atom is 0.336 e. The molecule has 7 heteroatoms. The summed E-state index contributed by atoms with van der Waals surface area (Å²) in [5, 5.41) is 19.5. The molecule has 0 amide bonds. The lowest BCUT2D eigenvalue weighted by atomic mass is 9.96. The molecule has 0 unspecified atom stereocenters. The molecule has 0 aromatic heterocycles. The lowest BCUT2D eigenvalue weighted by Gasteiger charge is -2.23. The number of aliphatic hydroxyl groups is 1. The quantitative estimate of drug-likeness (QED) is 0.791. The van der Waals surface area contributed by atoms with Gasteiger partial charge in [0.25, 0.3) is 0 Å². The lowest BCUT2D eigenvalue weighted by molar-refractivity contribution is -0.155. The fraction of sp³-hybridized carbons (Fsp3) is 0.188. The van der Waals surface area contributed by atoms with Crippen molar-refractivity contribution in [2.75, 3.05) is 5.75 Å². The van der Waals surface area contributed by atoms with Gasteiger partial charge >= 0.3 is 5.97 Å². The van der Waals surface area contributed by atoms with Crippen LogP contribution in [0.3, 0.4) is 0 Å². The monoisotopic (exact) mass is 342 g/mol. The maximum absolute atomic E-state index is 13.2. The third kappa shape index (κ3) is 4.74. The number of aliphatic carboxylic acids is 1. The average Bonchev–Trinajstić information content (AvgIpc) is 2.45. The van der Waals surface area contributed by atoms with Gasteiger partial charge in [-0.3, -0.25) is 0 Å². The summed E-state index contributed by atoms with van der Waals surface area (Å²) < 4.78 is 39.2. The molecule has 2 aromatic rings. The van der Waals surface area contributed by atoms with Crippen LogP contribution in [0.2, 0.25) is 0 Å². The zero-order valence-corrected chi connectivity index (χ0v) is 12.6. The first-order valence-electron chi connectivity index (χ1n) is 6.58. The minimum Gasteiger partial charge on any atom is -0.479 e. The van der Waals surface area contributed by atoms with Crippen molar-refractivity contribution in [2.24, 2.45) is 0 Å². The van der Waals surface area contributed by atoms with Gasteiger partial charge in [0.15, 0.2) is 5.60 Å². The van der Waals surface area contributed by atoms with E-state index in [0.717, 1.165) is 23.9 Å². The van der Waals surface area contributed by atoms with Crippen LogP contribution in [-0.2, 0) is 11.2 Å². The summed E-state index contributed by atoms with van der Waals surface area (Å²) in [6, 6.07) is 7.93. The fourth-order valence-corrected chi connectivity index (χ4v) is 2.93. The molecule has 2 N–H and O–H groups in total. The Kier molecular flexibility index (Phi) is 5.33. The molecule has 2 rings (SSSR count). The van der Waals surface area contributed by atoms with Crippen molar-refractivity contribution in [3.63, 3.8) is 0 Å². The minimum absolute atomic E-state index is 0.0344. The molecule has 0 bridgehead atoms. The third-order valence-electron chi connectivity index (χ3n) is 3.11. The van der Waals surface area contributed by atoms with Crippen LogP contribution in [0, 0.1) is 17.5 Å². The topological polar surface area (TPSA) is 57.5 Å². The van der Waals surface area contributed by atoms with E-state index in [2.05, 4.69) is 0 Å². The Labute approximate surface area is 134 Å². The highest BCUT2D eigenvalue weighted by Gasteiger charge is 2.36. The Morgan fingerprint density at radius 1 is 1.00 bits per heavy atom. The van der Waals surface area contributed by atoms with Crippen LogP contribution in [-0.4, -0.2) is 27.5 Å². The van der Waals surface area contributed by atoms with Gasteiger partial charge in [-0.1, -0.05) is 0 Å². The van der Waals surface area contributed by atoms with Crippen molar-refractivity contribution in [2.45, 2.75) is 16.9 Å². The van der Waals surface area contributed by atoms with Crippen molar-refractivity contribution < 1.29 is 28.2 Å². The molecule has 0 spiro atoms. The maximum atomic E-state index is 13.2. The Hall–Kier alpha value is -1.99. The van der Waals surface area contributed by atoms with Crippen LogP contribution >= 0.6 is 11.8 Å². The van der Waals surface area contributed by atoms with Crippen LogP contribution in [0.15, 0.2) is 47.4 Å². The number of hydrogen-bond acceptors (Lipinski definition) is 3. The van der Waals surface area contributed by atoms with Crippen LogP contribution in [0.1, 0.15) is 5.56 Å². The van der Waals surface area contributed by atoms with E-state index >= 15 is 0 Å². The molecular weight excluding hydrogens is 329 g/mol. The normalized spacial score (nSPS) is 13.6. The summed E-state index contributed by atoms with van der Waals surface area (Å²) in [6.07, 6.45) is -0.453. The fourth-order valence-electron chi connectivity index (χ4n) is 1.97. The second-order valence-corrected chi connectivity index (χ2v) is 6.08. The molecule has 3 nitrogen and oxygen atoms in total. The summed E-state index contributed by atoms with van der Waals surface area (Å²) in [7, 11) is 0. The van der Waals surface area contributed by atoms with E-state index in [-0.39, 0.29) is 11.3 Å². The van der Waals surface area contributed by atoms with E-state index in [4.69, 9.17) is 0 Å². The second kappa shape index (κ2) is 7.06. The van der Waals surface area contributed by atoms with Crippen LogP contribution in [0.5, 0.6) is 0 Å². The first kappa shape index (κ1) is 17.4. The van der Waals surface area contributed by atoms with E-state index in [1.165, 1.54) is 24.3 Å². The molecular formula is C16H13F3O3S. The molecule has 122 valence electrons. The Balaban J connectivity index is 2.14. The largest absolute Gasteiger partial charge is 0.479 e. The summed E-state index contributed by atoms with van der Waals surface area (Å²) in [4.78, 5) is 11.9. The Morgan fingerprint density at radius 2 is 1.57 bits per heavy atom. The number of hydrogen-bond donors (Lipinski definition) is 2. The molecule has 23 heavy (non-hydrogen) atoms. The predicted octanol–water partition coefficient (Wildman–Crippen LogP) is 3.25. The molecule has 0 saturated heterocycles. The van der Waals surface area contributed by atoms with Gasteiger partial charge in [0.1, 0.15) is 17.5 Å². The van der Waals surface area contributed by atoms with Gasteiger partial charge < -0.3 is 10.2 Å². The highest BCUT2D eigenvalue weighted by molar-refractivity contribution is 7.99. The molecule has 0 fully saturated rings. The van der Waals surface area contributed by atoms with Crippen molar-refractivity contribution in [3.8, 4) is 0 Å². The number of carboxylic acid groups (broad SMARTS) is 1. The van der Waals surface area contributed by atoms with Gasteiger partial charge in [-0.25, -0.2) is 18.0 Å². The van der Waals surface area contributed by atoms with Crippen LogP contribution < -0.4 is 0 Å². The Morgan fingerprint density at radius 3 is 2.09 bits per heavy atom. The third-order valence-corrected chi connectivity index (χ3v) is 4.34. The van der Waals surface area contributed by atoms with E-state index in [9.17, 15) is 28.2 Å². The smallest absolute Gasteiger partial charge is 0.336 e. The number of rotatable bonds is 6. The zero-order valence-electron chi connectivity index (χ0n) is 11.8. The summed E-state index contributed by atoms with van der Waals surface area (Å²) in [6.45, 7) is 0. The molecule has 0 heterocycles. The van der Waals surface area contributed by atoms with Gasteiger partial charge in [-0.05, 0) is 42.0 Å². The number of carboxylic acids is 1. The SMILES string of the molecule is O=C(O)[C@@](O)(CSc1ccc(F)cc1)Cc1cc(F)cc(F)c1. The molecule has 0 saturated carbocycles. The van der Waals surface area contributed by atoms with Crippen molar-refractivity contribution >= 4 is 17.7 Å². The van der Waals surface area contributed by atoms with Crippen LogP contribution in [0.25, 0.3) is 0 Å². The summed E-state index contributed by atoms with van der Waals surface area (Å²) >= 11 is 1.01. The summed E-state index contributed by atoms with van der Waals surface area (Å²) in [5.41, 5.74) is -2.17.